The number of nitrogens with zero attached hydrogens (tertiary/aromatic N) is 2. The molecule has 74 valence electrons. The molecular weight excluding hydrogens is 192 g/mol. The lowest BCUT2D eigenvalue weighted by Gasteiger charge is -2.03. The minimum Gasteiger partial charge on any atom is -0.476 e. The molecule has 2 aromatic rings. The monoisotopic (exact) mass is 200 g/mol. The minimum atomic E-state index is -1.03. The van der Waals surface area contributed by atoms with Gasteiger partial charge in [0.2, 0.25) is 0 Å². The highest BCUT2D eigenvalue weighted by Gasteiger charge is 2.11. The molecule has 2 rings (SSSR count). The second kappa shape index (κ2) is 3.88. The third kappa shape index (κ3) is 1.83. The van der Waals surface area contributed by atoms with Gasteiger partial charge in [-0.3, -0.25) is 4.98 Å². The van der Waals surface area contributed by atoms with Gasteiger partial charge in [-0.1, -0.05) is 6.07 Å². The van der Waals surface area contributed by atoms with Crippen molar-refractivity contribution in [2.24, 2.45) is 0 Å². The van der Waals surface area contributed by atoms with Crippen molar-refractivity contribution in [1.82, 2.24) is 9.97 Å². The van der Waals surface area contributed by atoms with Gasteiger partial charge in [-0.05, 0) is 23.8 Å². The van der Waals surface area contributed by atoms with Crippen LogP contribution in [0.25, 0.3) is 11.1 Å². The molecule has 0 aliphatic rings. The van der Waals surface area contributed by atoms with E-state index in [-0.39, 0.29) is 5.69 Å². The largest absolute Gasteiger partial charge is 0.476 e. The fourth-order valence-electron chi connectivity index (χ4n) is 1.34. The molecule has 0 saturated heterocycles. The van der Waals surface area contributed by atoms with Crippen molar-refractivity contribution in [2.45, 2.75) is 0 Å². The molecule has 0 aliphatic heterocycles. The van der Waals surface area contributed by atoms with Crippen LogP contribution in [0, 0.1) is 0 Å². The van der Waals surface area contributed by atoms with E-state index in [0.29, 0.717) is 5.56 Å². The Bertz CT molecular complexity index is 483. The number of aromatic carboxylic acids is 1. The summed E-state index contributed by atoms with van der Waals surface area (Å²) in [5.41, 5.74) is 1.46. The summed E-state index contributed by atoms with van der Waals surface area (Å²) in [6.45, 7) is 0. The Kier molecular flexibility index (Phi) is 2.41. The molecule has 0 aromatic carbocycles. The van der Waals surface area contributed by atoms with Gasteiger partial charge in [0, 0.05) is 24.2 Å². The Morgan fingerprint density at radius 1 is 1.13 bits per heavy atom. The zero-order chi connectivity index (χ0) is 10.7. The molecule has 0 saturated carbocycles. The first-order chi connectivity index (χ1) is 7.29. The quantitative estimate of drug-likeness (QED) is 0.803. The molecule has 0 radical (unpaired) electrons. The highest BCUT2D eigenvalue weighted by molar-refractivity contribution is 5.93. The smallest absolute Gasteiger partial charge is 0.355 e. The highest BCUT2D eigenvalue weighted by Crippen LogP contribution is 2.20. The van der Waals surface area contributed by atoms with Crippen LogP contribution >= 0.6 is 0 Å². The topological polar surface area (TPSA) is 63.1 Å². The van der Waals surface area contributed by atoms with Crippen molar-refractivity contribution in [3.8, 4) is 11.1 Å². The predicted octanol–water partition coefficient (Wildman–Crippen LogP) is 1.84. The number of carboxylic acids is 1. The van der Waals surface area contributed by atoms with E-state index in [1.807, 2.05) is 0 Å². The molecule has 1 N–H and O–H groups in total. The average Bonchev–Trinajstić information content (AvgIpc) is 2.30. The molecule has 4 nitrogen and oxygen atoms in total. The van der Waals surface area contributed by atoms with Crippen LogP contribution in [0.3, 0.4) is 0 Å². The Balaban J connectivity index is 2.58. The average molecular weight is 200 g/mol. The van der Waals surface area contributed by atoms with E-state index >= 15 is 0 Å². The molecule has 15 heavy (non-hydrogen) atoms. The summed E-state index contributed by atoms with van der Waals surface area (Å²) in [7, 11) is 0. The molecule has 4 heteroatoms. The maximum atomic E-state index is 10.9. The lowest BCUT2D eigenvalue weighted by Crippen LogP contribution is -2.02. The number of pyridine rings is 2. The zero-order valence-electron chi connectivity index (χ0n) is 7.79. The lowest BCUT2D eigenvalue weighted by molar-refractivity contribution is 0.0691. The minimum absolute atomic E-state index is 0.0590. The van der Waals surface area contributed by atoms with Crippen LogP contribution < -0.4 is 0 Å². The molecule has 0 atom stereocenters. The normalized spacial score (nSPS) is 9.87. The van der Waals surface area contributed by atoms with Crippen molar-refractivity contribution in [2.75, 3.05) is 0 Å². The van der Waals surface area contributed by atoms with E-state index in [1.54, 1.807) is 36.7 Å². The maximum absolute atomic E-state index is 10.9. The molecule has 0 amide bonds. The molecule has 2 aromatic heterocycles. The van der Waals surface area contributed by atoms with Crippen LogP contribution in [0.2, 0.25) is 0 Å². The first kappa shape index (κ1) is 9.33. The third-order valence-corrected chi connectivity index (χ3v) is 2.00. The Morgan fingerprint density at radius 2 is 1.87 bits per heavy atom. The fraction of sp³-hybridized carbons (Fsp3) is 0. The summed E-state index contributed by atoms with van der Waals surface area (Å²) in [6, 6.07) is 6.95. The third-order valence-electron chi connectivity index (χ3n) is 2.00. The fourth-order valence-corrected chi connectivity index (χ4v) is 1.34. The van der Waals surface area contributed by atoms with Gasteiger partial charge in [0.15, 0.2) is 5.69 Å². The van der Waals surface area contributed by atoms with Crippen LogP contribution in [0.5, 0.6) is 0 Å². The van der Waals surface area contributed by atoms with Gasteiger partial charge in [0.25, 0.3) is 0 Å². The van der Waals surface area contributed by atoms with E-state index < -0.39 is 5.97 Å². The van der Waals surface area contributed by atoms with Crippen molar-refractivity contribution < 1.29 is 9.90 Å². The standard InChI is InChI=1S/C11H8N2O2/c14-11(15)10-9(2-1-5-13-10)8-3-6-12-7-4-8/h1-7H,(H,14,15). The van der Waals surface area contributed by atoms with Crippen molar-refractivity contribution in [3.05, 3.63) is 48.5 Å². The van der Waals surface area contributed by atoms with E-state index in [4.69, 9.17) is 5.11 Å². The molecule has 2 heterocycles. The number of aromatic nitrogens is 2. The zero-order valence-corrected chi connectivity index (χ0v) is 7.79. The Hall–Kier alpha value is -2.23. The summed E-state index contributed by atoms with van der Waals surface area (Å²) in [5.74, 6) is -1.03. The highest BCUT2D eigenvalue weighted by atomic mass is 16.4. The number of hydrogen-bond donors (Lipinski definition) is 1. The summed E-state index contributed by atoms with van der Waals surface area (Å²) >= 11 is 0. The van der Waals surface area contributed by atoms with Gasteiger partial charge >= 0.3 is 5.97 Å². The van der Waals surface area contributed by atoms with Crippen LogP contribution in [-0.4, -0.2) is 21.0 Å². The van der Waals surface area contributed by atoms with Crippen molar-refractivity contribution in [3.63, 3.8) is 0 Å². The first-order valence-corrected chi connectivity index (χ1v) is 4.38. The van der Waals surface area contributed by atoms with E-state index in [9.17, 15) is 4.79 Å². The van der Waals surface area contributed by atoms with Crippen LogP contribution in [0.15, 0.2) is 42.9 Å². The summed E-state index contributed by atoms with van der Waals surface area (Å²) in [6.07, 6.45) is 4.70. The molecule has 0 fully saturated rings. The van der Waals surface area contributed by atoms with Gasteiger partial charge in [-0.2, -0.15) is 0 Å². The van der Waals surface area contributed by atoms with Gasteiger partial charge in [0.05, 0.1) is 0 Å². The van der Waals surface area contributed by atoms with Crippen LogP contribution in [0.1, 0.15) is 10.5 Å². The molecular formula is C11H8N2O2. The summed E-state index contributed by atoms with van der Waals surface area (Å²) in [5, 5.41) is 8.95. The lowest BCUT2D eigenvalue weighted by atomic mass is 10.1. The Labute approximate surface area is 86.2 Å². The first-order valence-electron chi connectivity index (χ1n) is 4.38. The van der Waals surface area contributed by atoms with Gasteiger partial charge < -0.3 is 5.11 Å². The second-order valence-corrected chi connectivity index (χ2v) is 2.94. The number of carbonyl (C=O) groups is 1. The maximum Gasteiger partial charge on any atom is 0.355 e. The van der Waals surface area contributed by atoms with Crippen LogP contribution in [-0.2, 0) is 0 Å². The number of rotatable bonds is 2. The number of hydrogen-bond acceptors (Lipinski definition) is 3. The molecule has 0 spiro atoms. The summed E-state index contributed by atoms with van der Waals surface area (Å²) < 4.78 is 0. The second-order valence-electron chi connectivity index (χ2n) is 2.94. The Morgan fingerprint density at radius 3 is 2.53 bits per heavy atom. The van der Waals surface area contributed by atoms with E-state index in [1.165, 1.54) is 6.20 Å². The SMILES string of the molecule is O=C(O)c1ncccc1-c1ccncc1. The van der Waals surface area contributed by atoms with Gasteiger partial charge in [-0.15, -0.1) is 0 Å². The van der Waals surface area contributed by atoms with E-state index in [2.05, 4.69) is 9.97 Å². The summed E-state index contributed by atoms with van der Waals surface area (Å²) in [4.78, 5) is 18.6. The predicted molar refractivity (Wildman–Crippen MR) is 54.4 cm³/mol. The van der Waals surface area contributed by atoms with Crippen molar-refractivity contribution in [1.29, 1.82) is 0 Å². The number of carboxylic acid groups (broad SMARTS) is 1. The van der Waals surface area contributed by atoms with Gasteiger partial charge in [0.1, 0.15) is 0 Å². The van der Waals surface area contributed by atoms with Crippen LogP contribution in [0.4, 0.5) is 0 Å². The molecule has 0 bridgehead atoms. The molecule has 0 unspecified atom stereocenters. The van der Waals surface area contributed by atoms with E-state index in [0.717, 1.165) is 5.56 Å². The van der Waals surface area contributed by atoms with Crippen molar-refractivity contribution >= 4 is 5.97 Å². The molecule has 0 aliphatic carbocycles. The van der Waals surface area contributed by atoms with Gasteiger partial charge in [-0.25, -0.2) is 9.78 Å².